The lowest BCUT2D eigenvalue weighted by atomic mass is 10.1. The molecule has 0 radical (unpaired) electrons. The Balaban J connectivity index is 2.38. The fourth-order valence-corrected chi connectivity index (χ4v) is 2.03. The molecule has 0 bridgehead atoms. The van der Waals surface area contributed by atoms with Crippen LogP contribution < -0.4 is 11.1 Å². The van der Waals surface area contributed by atoms with Crippen LogP contribution in [0.4, 0.5) is 0 Å². The summed E-state index contributed by atoms with van der Waals surface area (Å²) in [5.41, 5.74) is 5.75. The Kier molecular flexibility index (Phi) is 5.73. The van der Waals surface area contributed by atoms with Gasteiger partial charge in [0.1, 0.15) is 0 Å². The van der Waals surface area contributed by atoms with Crippen molar-refractivity contribution in [2.45, 2.75) is 19.4 Å². The first-order valence-electron chi connectivity index (χ1n) is 6.06. The molecule has 0 saturated carbocycles. The fraction of sp³-hybridized carbons (Fsp3) is 0.909. The lowest BCUT2D eigenvalue weighted by molar-refractivity contribution is -0.122. The molecule has 1 atom stereocenters. The molecule has 1 saturated heterocycles. The Labute approximate surface area is 98.0 Å². The average molecular weight is 228 g/mol. The van der Waals surface area contributed by atoms with Crippen molar-refractivity contribution in [1.82, 2.24) is 15.1 Å². The molecule has 0 aromatic rings. The first-order chi connectivity index (χ1) is 7.67. The Morgan fingerprint density at radius 1 is 1.38 bits per heavy atom. The highest BCUT2D eigenvalue weighted by Gasteiger charge is 2.23. The van der Waals surface area contributed by atoms with Gasteiger partial charge in [0.2, 0.25) is 5.91 Å². The summed E-state index contributed by atoms with van der Waals surface area (Å²) in [6.45, 7) is 7.33. The smallest absolute Gasteiger partial charge is 0.221 e. The summed E-state index contributed by atoms with van der Waals surface area (Å²) in [6, 6.07) is 0.195. The molecule has 5 heteroatoms. The van der Waals surface area contributed by atoms with Crippen LogP contribution in [0.1, 0.15) is 13.3 Å². The van der Waals surface area contributed by atoms with Crippen LogP contribution in [-0.2, 0) is 4.79 Å². The predicted octanol–water partition coefficient (Wildman–Crippen LogP) is -0.913. The molecule has 1 rings (SSSR count). The minimum atomic E-state index is 0.108. The van der Waals surface area contributed by atoms with E-state index in [2.05, 4.69) is 22.2 Å². The van der Waals surface area contributed by atoms with E-state index in [0.717, 1.165) is 26.2 Å². The molecule has 1 fully saturated rings. The Bertz CT molecular complexity index is 214. The van der Waals surface area contributed by atoms with Gasteiger partial charge in [-0.1, -0.05) is 0 Å². The highest BCUT2D eigenvalue weighted by molar-refractivity contribution is 5.76. The van der Waals surface area contributed by atoms with Crippen LogP contribution in [0.15, 0.2) is 0 Å². The minimum absolute atomic E-state index is 0.108. The van der Waals surface area contributed by atoms with Gasteiger partial charge in [-0.05, 0) is 14.0 Å². The van der Waals surface area contributed by atoms with Crippen molar-refractivity contribution in [2.24, 2.45) is 5.73 Å². The van der Waals surface area contributed by atoms with Crippen LogP contribution in [0.3, 0.4) is 0 Å². The van der Waals surface area contributed by atoms with Crippen molar-refractivity contribution < 1.29 is 4.79 Å². The number of nitrogens with two attached hydrogens (primary N) is 1. The highest BCUT2D eigenvalue weighted by atomic mass is 16.1. The molecule has 1 unspecified atom stereocenters. The SMILES string of the molecule is CCNC(=O)CC(CN)N1CCN(C)CC1. The molecule has 3 N–H and O–H groups in total. The van der Waals surface area contributed by atoms with Gasteiger partial charge in [0.15, 0.2) is 0 Å². The van der Waals surface area contributed by atoms with Crippen molar-refractivity contribution in [3.8, 4) is 0 Å². The van der Waals surface area contributed by atoms with E-state index < -0.39 is 0 Å². The van der Waals surface area contributed by atoms with Crippen molar-refractivity contribution in [3.05, 3.63) is 0 Å². The number of hydrogen-bond donors (Lipinski definition) is 2. The maximum atomic E-state index is 11.5. The van der Waals surface area contributed by atoms with Crippen LogP contribution in [0, 0.1) is 0 Å². The van der Waals surface area contributed by atoms with Gasteiger partial charge in [-0.3, -0.25) is 9.69 Å². The van der Waals surface area contributed by atoms with Gasteiger partial charge in [-0.25, -0.2) is 0 Å². The molecule has 1 heterocycles. The van der Waals surface area contributed by atoms with E-state index in [4.69, 9.17) is 5.73 Å². The third-order valence-corrected chi connectivity index (χ3v) is 3.12. The number of nitrogens with one attached hydrogen (secondary N) is 1. The Hall–Kier alpha value is -0.650. The summed E-state index contributed by atoms with van der Waals surface area (Å²) >= 11 is 0. The zero-order valence-corrected chi connectivity index (χ0v) is 10.4. The normalized spacial score (nSPS) is 20.7. The Morgan fingerprint density at radius 3 is 2.50 bits per heavy atom. The van der Waals surface area contributed by atoms with Crippen molar-refractivity contribution in [1.29, 1.82) is 0 Å². The van der Waals surface area contributed by atoms with E-state index in [1.165, 1.54) is 0 Å². The lowest BCUT2D eigenvalue weighted by Crippen LogP contribution is -2.52. The second-order valence-corrected chi connectivity index (χ2v) is 4.39. The summed E-state index contributed by atoms with van der Waals surface area (Å²) in [7, 11) is 2.12. The maximum Gasteiger partial charge on any atom is 0.221 e. The van der Waals surface area contributed by atoms with Gasteiger partial charge in [-0.15, -0.1) is 0 Å². The molecule has 1 aliphatic heterocycles. The molecule has 0 aromatic carbocycles. The molecular formula is C11H24N4O. The summed E-state index contributed by atoms with van der Waals surface area (Å²) in [4.78, 5) is 16.1. The third-order valence-electron chi connectivity index (χ3n) is 3.12. The van der Waals surface area contributed by atoms with E-state index in [1.807, 2.05) is 6.92 Å². The van der Waals surface area contributed by atoms with Gasteiger partial charge in [-0.2, -0.15) is 0 Å². The first-order valence-corrected chi connectivity index (χ1v) is 6.06. The molecule has 0 spiro atoms. The second kappa shape index (κ2) is 6.83. The molecule has 5 nitrogen and oxygen atoms in total. The standard InChI is InChI=1S/C11H24N4O/c1-3-13-11(16)8-10(9-12)15-6-4-14(2)5-7-15/h10H,3-9,12H2,1-2H3,(H,13,16). The maximum absolute atomic E-state index is 11.5. The molecule has 1 aliphatic rings. The number of amides is 1. The molecule has 1 amide bonds. The first kappa shape index (κ1) is 13.4. The summed E-state index contributed by atoms with van der Waals surface area (Å²) in [6.07, 6.45) is 0.522. The van der Waals surface area contributed by atoms with Crippen LogP contribution >= 0.6 is 0 Å². The zero-order valence-electron chi connectivity index (χ0n) is 10.4. The van der Waals surface area contributed by atoms with E-state index in [9.17, 15) is 4.79 Å². The van der Waals surface area contributed by atoms with Gasteiger partial charge in [0.25, 0.3) is 0 Å². The van der Waals surface area contributed by atoms with Crippen LogP contribution in [0.25, 0.3) is 0 Å². The predicted molar refractivity (Wildman–Crippen MR) is 65.2 cm³/mol. The third kappa shape index (κ3) is 4.08. The second-order valence-electron chi connectivity index (χ2n) is 4.39. The van der Waals surface area contributed by atoms with Crippen LogP contribution in [0.2, 0.25) is 0 Å². The van der Waals surface area contributed by atoms with E-state index in [0.29, 0.717) is 19.5 Å². The minimum Gasteiger partial charge on any atom is -0.356 e. The van der Waals surface area contributed by atoms with Crippen LogP contribution in [-0.4, -0.2) is 68.1 Å². The number of carbonyl (C=O) groups is 1. The topological polar surface area (TPSA) is 61.6 Å². The quantitative estimate of drug-likeness (QED) is 0.639. The van der Waals surface area contributed by atoms with Gasteiger partial charge in [0.05, 0.1) is 0 Å². The van der Waals surface area contributed by atoms with E-state index in [1.54, 1.807) is 0 Å². The number of nitrogens with zero attached hydrogens (tertiary/aromatic N) is 2. The van der Waals surface area contributed by atoms with Crippen LogP contribution in [0.5, 0.6) is 0 Å². The molecule has 0 aromatic heterocycles. The summed E-state index contributed by atoms with van der Waals surface area (Å²) in [5.74, 6) is 0.108. The summed E-state index contributed by atoms with van der Waals surface area (Å²) < 4.78 is 0. The molecular weight excluding hydrogens is 204 g/mol. The van der Waals surface area contributed by atoms with Crippen molar-refractivity contribution in [3.63, 3.8) is 0 Å². The van der Waals surface area contributed by atoms with E-state index in [-0.39, 0.29) is 11.9 Å². The molecule has 0 aliphatic carbocycles. The highest BCUT2D eigenvalue weighted by Crippen LogP contribution is 2.07. The monoisotopic (exact) mass is 228 g/mol. The number of hydrogen-bond acceptors (Lipinski definition) is 4. The zero-order chi connectivity index (χ0) is 12.0. The largest absolute Gasteiger partial charge is 0.356 e. The van der Waals surface area contributed by atoms with Crippen molar-refractivity contribution >= 4 is 5.91 Å². The number of piperazine rings is 1. The van der Waals surface area contributed by atoms with Crippen molar-refractivity contribution in [2.75, 3.05) is 46.3 Å². The Morgan fingerprint density at radius 2 is 2.00 bits per heavy atom. The lowest BCUT2D eigenvalue weighted by Gasteiger charge is -2.37. The fourth-order valence-electron chi connectivity index (χ4n) is 2.03. The summed E-state index contributed by atoms with van der Waals surface area (Å²) in [5, 5.41) is 2.83. The van der Waals surface area contributed by atoms with E-state index >= 15 is 0 Å². The van der Waals surface area contributed by atoms with Gasteiger partial charge in [0, 0.05) is 51.7 Å². The molecule has 16 heavy (non-hydrogen) atoms. The van der Waals surface area contributed by atoms with Gasteiger partial charge < -0.3 is 16.0 Å². The van der Waals surface area contributed by atoms with Gasteiger partial charge >= 0.3 is 0 Å². The number of likely N-dealkylation sites (N-methyl/N-ethyl adjacent to an activating group) is 1. The number of rotatable bonds is 5. The number of carbonyl (C=O) groups excluding carboxylic acids is 1. The average Bonchev–Trinajstić information content (AvgIpc) is 2.27. The molecule has 94 valence electrons.